The van der Waals surface area contributed by atoms with Gasteiger partial charge < -0.3 is 5.32 Å². The van der Waals surface area contributed by atoms with Gasteiger partial charge in [-0.3, -0.25) is 4.68 Å². The number of halogens is 2. The van der Waals surface area contributed by atoms with E-state index in [4.69, 9.17) is 0 Å². The molecule has 0 aliphatic carbocycles. The predicted molar refractivity (Wildman–Crippen MR) is 94.7 cm³/mol. The van der Waals surface area contributed by atoms with Gasteiger partial charge in [-0.15, -0.1) is 0 Å². The third kappa shape index (κ3) is 3.58. The van der Waals surface area contributed by atoms with Crippen LogP contribution in [0.25, 0.3) is 0 Å². The van der Waals surface area contributed by atoms with Crippen molar-refractivity contribution in [3.8, 4) is 0 Å². The maximum atomic E-state index is 4.58. The van der Waals surface area contributed by atoms with Crippen molar-refractivity contribution in [2.75, 3.05) is 7.05 Å². The second kappa shape index (κ2) is 7.07. The number of rotatable bonds is 5. The lowest BCUT2D eigenvalue weighted by Gasteiger charge is -2.19. The van der Waals surface area contributed by atoms with Crippen LogP contribution in [-0.4, -0.2) is 16.8 Å². The molecule has 1 heterocycles. The normalized spacial score (nSPS) is 12.7. The van der Waals surface area contributed by atoms with E-state index in [0.717, 1.165) is 27.6 Å². The minimum Gasteiger partial charge on any atom is -0.313 e. The first-order valence-corrected chi connectivity index (χ1v) is 8.71. The van der Waals surface area contributed by atoms with Gasteiger partial charge in [0.25, 0.3) is 0 Å². The third-order valence-corrected chi connectivity index (χ3v) is 5.48. The fourth-order valence-electron chi connectivity index (χ4n) is 2.56. The van der Waals surface area contributed by atoms with E-state index >= 15 is 0 Å². The SMILES string of the molecule is CCn1nc(C)c(Br)c1CC(NC)c1cc(C)ccc1Br. The molecule has 3 nitrogen and oxygen atoms in total. The summed E-state index contributed by atoms with van der Waals surface area (Å²) in [6.07, 6.45) is 0.897. The van der Waals surface area contributed by atoms with Gasteiger partial charge in [0.2, 0.25) is 0 Å². The van der Waals surface area contributed by atoms with Crippen LogP contribution in [0.15, 0.2) is 27.1 Å². The number of hydrogen-bond acceptors (Lipinski definition) is 2. The fraction of sp³-hybridized carbons (Fsp3) is 0.438. The first kappa shape index (κ1) is 16.7. The van der Waals surface area contributed by atoms with Crippen molar-refractivity contribution in [1.82, 2.24) is 15.1 Å². The van der Waals surface area contributed by atoms with Gasteiger partial charge >= 0.3 is 0 Å². The van der Waals surface area contributed by atoms with Gasteiger partial charge in [-0.05, 0) is 55.4 Å². The molecule has 5 heteroatoms. The average Bonchev–Trinajstić information content (AvgIpc) is 2.74. The lowest BCUT2D eigenvalue weighted by atomic mass is 10.00. The molecule has 1 N–H and O–H groups in total. The first-order chi connectivity index (χ1) is 9.97. The molecule has 0 aliphatic heterocycles. The zero-order valence-electron chi connectivity index (χ0n) is 12.9. The highest BCUT2D eigenvalue weighted by atomic mass is 79.9. The van der Waals surface area contributed by atoms with E-state index in [9.17, 15) is 0 Å². The lowest BCUT2D eigenvalue weighted by molar-refractivity contribution is 0.538. The van der Waals surface area contributed by atoms with Crippen molar-refractivity contribution in [2.45, 2.75) is 39.8 Å². The molecule has 1 aromatic heterocycles. The molecule has 1 aromatic carbocycles. The summed E-state index contributed by atoms with van der Waals surface area (Å²) in [5, 5.41) is 8.01. The highest BCUT2D eigenvalue weighted by molar-refractivity contribution is 9.10. The smallest absolute Gasteiger partial charge is 0.0738 e. The molecule has 1 atom stereocenters. The van der Waals surface area contributed by atoms with Crippen LogP contribution in [0.4, 0.5) is 0 Å². The summed E-state index contributed by atoms with van der Waals surface area (Å²) in [5.74, 6) is 0. The van der Waals surface area contributed by atoms with E-state index in [1.54, 1.807) is 0 Å². The molecule has 114 valence electrons. The van der Waals surface area contributed by atoms with Crippen molar-refractivity contribution < 1.29 is 0 Å². The molecule has 2 aromatic rings. The van der Waals surface area contributed by atoms with Crippen molar-refractivity contribution in [1.29, 1.82) is 0 Å². The van der Waals surface area contributed by atoms with E-state index in [1.807, 2.05) is 14.0 Å². The summed E-state index contributed by atoms with van der Waals surface area (Å²) in [7, 11) is 2.01. The number of hydrogen-bond donors (Lipinski definition) is 1. The summed E-state index contributed by atoms with van der Waals surface area (Å²) in [5.41, 5.74) is 4.84. The van der Waals surface area contributed by atoms with Crippen LogP contribution in [0.2, 0.25) is 0 Å². The highest BCUT2D eigenvalue weighted by Crippen LogP contribution is 2.30. The van der Waals surface area contributed by atoms with Gasteiger partial charge in [0.15, 0.2) is 0 Å². The van der Waals surface area contributed by atoms with Crippen molar-refractivity contribution in [3.05, 3.63) is 49.7 Å². The average molecular weight is 415 g/mol. The highest BCUT2D eigenvalue weighted by Gasteiger charge is 2.19. The Labute approximate surface area is 143 Å². The van der Waals surface area contributed by atoms with Crippen molar-refractivity contribution >= 4 is 31.9 Å². The first-order valence-electron chi connectivity index (χ1n) is 7.13. The van der Waals surface area contributed by atoms with E-state index in [2.05, 4.69) is 79.0 Å². The Morgan fingerprint density at radius 3 is 2.62 bits per heavy atom. The van der Waals surface area contributed by atoms with E-state index in [-0.39, 0.29) is 6.04 Å². The van der Waals surface area contributed by atoms with Gasteiger partial charge in [0, 0.05) is 23.5 Å². The van der Waals surface area contributed by atoms with Gasteiger partial charge in [0.05, 0.1) is 15.9 Å². The molecular weight excluding hydrogens is 394 g/mol. The van der Waals surface area contributed by atoms with Crippen LogP contribution in [0.1, 0.15) is 35.5 Å². The number of likely N-dealkylation sites (N-methyl/N-ethyl adjacent to an activating group) is 1. The Kier molecular flexibility index (Phi) is 5.63. The summed E-state index contributed by atoms with van der Waals surface area (Å²) in [6.45, 7) is 7.17. The molecule has 0 radical (unpaired) electrons. The minimum atomic E-state index is 0.247. The van der Waals surface area contributed by atoms with Gasteiger partial charge in [-0.1, -0.05) is 33.6 Å². The number of nitrogens with zero attached hydrogens (tertiary/aromatic N) is 2. The predicted octanol–water partition coefficient (Wildman–Crippen LogP) is 4.55. The molecule has 0 fully saturated rings. The molecule has 0 saturated carbocycles. The molecule has 1 unspecified atom stereocenters. The number of benzene rings is 1. The van der Waals surface area contributed by atoms with Crippen LogP contribution in [0.5, 0.6) is 0 Å². The standard InChI is InChI=1S/C16H21Br2N3/c1-5-21-15(16(18)11(3)20-21)9-14(19-4)12-8-10(2)6-7-13(12)17/h6-8,14,19H,5,9H2,1-4H3. The minimum absolute atomic E-state index is 0.247. The number of aryl methyl sites for hydroxylation is 3. The molecule has 0 aliphatic rings. The Balaban J connectivity index is 2.38. The fourth-order valence-corrected chi connectivity index (χ4v) is 3.52. The van der Waals surface area contributed by atoms with Crippen LogP contribution in [-0.2, 0) is 13.0 Å². The monoisotopic (exact) mass is 413 g/mol. The van der Waals surface area contributed by atoms with Crippen LogP contribution in [0.3, 0.4) is 0 Å². The summed E-state index contributed by atoms with van der Waals surface area (Å²) >= 11 is 7.35. The molecule has 0 spiro atoms. The van der Waals surface area contributed by atoms with Gasteiger partial charge in [-0.25, -0.2) is 0 Å². The largest absolute Gasteiger partial charge is 0.313 e. The zero-order valence-corrected chi connectivity index (χ0v) is 16.0. The Morgan fingerprint density at radius 1 is 1.29 bits per heavy atom. The van der Waals surface area contributed by atoms with Crippen molar-refractivity contribution in [3.63, 3.8) is 0 Å². The summed E-state index contributed by atoms with van der Waals surface area (Å²) in [6, 6.07) is 6.72. The van der Waals surface area contributed by atoms with E-state index in [1.165, 1.54) is 16.8 Å². The van der Waals surface area contributed by atoms with Crippen molar-refractivity contribution in [2.24, 2.45) is 0 Å². The topological polar surface area (TPSA) is 29.9 Å². The second-order valence-electron chi connectivity index (χ2n) is 5.23. The third-order valence-electron chi connectivity index (χ3n) is 3.73. The number of aromatic nitrogens is 2. The lowest BCUT2D eigenvalue weighted by Crippen LogP contribution is -2.21. The van der Waals surface area contributed by atoms with Crippen LogP contribution in [0, 0.1) is 13.8 Å². The molecule has 21 heavy (non-hydrogen) atoms. The Bertz CT molecular complexity index is 635. The quantitative estimate of drug-likeness (QED) is 0.777. The molecule has 0 saturated heterocycles. The Morgan fingerprint density at radius 2 is 2.00 bits per heavy atom. The van der Waals surface area contributed by atoms with E-state index < -0.39 is 0 Å². The maximum absolute atomic E-state index is 4.58. The number of nitrogens with one attached hydrogen (secondary N) is 1. The summed E-state index contributed by atoms with van der Waals surface area (Å²) < 4.78 is 4.34. The van der Waals surface area contributed by atoms with Gasteiger partial charge in [0.1, 0.15) is 0 Å². The maximum Gasteiger partial charge on any atom is 0.0738 e. The van der Waals surface area contributed by atoms with Gasteiger partial charge in [-0.2, -0.15) is 5.10 Å². The molecule has 2 rings (SSSR count). The molecule has 0 bridgehead atoms. The van der Waals surface area contributed by atoms with Crippen LogP contribution < -0.4 is 5.32 Å². The summed E-state index contributed by atoms with van der Waals surface area (Å²) in [4.78, 5) is 0. The second-order valence-corrected chi connectivity index (χ2v) is 6.88. The zero-order chi connectivity index (χ0) is 15.6. The Hall–Kier alpha value is -0.650. The van der Waals surface area contributed by atoms with E-state index in [0.29, 0.717) is 0 Å². The molecular formula is C16H21Br2N3. The van der Waals surface area contributed by atoms with Crippen LogP contribution >= 0.6 is 31.9 Å². The molecule has 0 amide bonds.